The number of anilines is 1. The SMILES string of the molecule is CN(C)c1cccc2c(S(=O)(=O)CCCCCCS(N)(=O)=O)cccc12. The van der Waals surface area contributed by atoms with Crippen molar-refractivity contribution in [2.45, 2.75) is 30.6 Å². The number of fused-ring (bicyclic) bond motifs is 1. The Balaban J connectivity index is 2.11. The fourth-order valence-electron chi connectivity index (χ4n) is 2.98. The van der Waals surface area contributed by atoms with E-state index in [1.807, 2.05) is 43.3 Å². The fourth-order valence-corrected chi connectivity index (χ4v) is 5.19. The second-order valence-corrected chi connectivity index (χ2v) is 10.4. The summed E-state index contributed by atoms with van der Waals surface area (Å²) < 4.78 is 47.4. The molecule has 0 radical (unpaired) electrons. The summed E-state index contributed by atoms with van der Waals surface area (Å²) in [6.45, 7) is 0. The molecule has 0 atom stereocenters. The van der Waals surface area contributed by atoms with Crippen LogP contribution in [-0.2, 0) is 19.9 Å². The normalized spacial score (nSPS) is 12.4. The molecule has 2 aromatic carbocycles. The molecule has 2 aromatic rings. The number of nitrogens with zero attached hydrogens (tertiary/aromatic N) is 1. The van der Waals surface area contributed by atoms with Crippen molar-refractivity contribution in [2.24, 2.45) is 5.14 Å². The zero-order chi connectivity index (χ0) is 19.4. The quantitative estimate of drug-likeness (QED) is 0.655. The van der Waals surface area contributed by atoms with E-state index in [1.165, 1.54) is 0 Å². The summed E-state index contributed by atoms with van der Waals surface area (Å²) in [5.41, 5.74) is 0.975. The Morgan fingerprint density at radius 1 is 0.808 bits per heavy atom. The van der Waals surface area contributed by atoms with Crippen LogP contribution in [0.2, 0.25) is 0 Å². The molecule has 0 unspecified atom stereocenters. The van der Waals surface area contributed by atoms with Crippen LogP contribution in [0.1, 0.15) is 25.7 Å². The zero-order valence-electron chi connectivity index (χ0n) is 15.2. The van der Waals surface area contributed by atoms with Gasteiger partial charge in [-0.25, -0.2) is 22.0 Å². The monoisotopic (exact) mass is 398 g/mol. The number of hydrogen-bond donors (Lipinski definition) is 1. The molecule has 0 aliphatic carbocycles. The van der Waals surface area contributed by atoms with E-state index >= 15 is 0 Å². The number of rotatable bonds is 9. The largest absolute Gasteiger partial charge is 0.377 e. The highest BCUT2D eigenvalue weighted by molar-refractivity contribution is 7.91. The maximum atomic E-state index is 12.8. The lowest BCUT2D eigenvalue weighted by molar-refractivity contribution is 0.583. The lowest BCUT2D eigenvalue weighted by Gasteiger charge is -2.17. The zero-order valence-corrected chi connectivity index (χ0v) is 16.8. The summed E-state index contributed by atoms with van der Waals surface area (Å²) in [6.07, 6.45) is 2.25. The number of unbranched alkanes of at least 4 members (excludes halogenated alkanes) is 3. The van der Waals surface area contributed by atoms with Crippen LogP contribution in [0, 0.1) is 0 Å². The van der Waals surface area contributed by atoms with Crippen molar-refractivity contribution in [3.05, 3.63) is 36.4 Å². The number of benzene rings is 2. The van der Waals surface area contributed by atoms with Crippen LogP contribution in [0.5, 0.6) is 0 Å². The maximum absolute atomic E-state index is 12.8. The van der Waals surface area contributed by atoms with E-state index < -0.39 is 19.9 Å². The van der Waals surface area contributed by atoms with E-state index in [1.54, 1.807) is 12.1 Å². The van der Waals surface area contributed by atoms with E-state index in [0.29, 0.717) is 30.6 Å². The molecule has 0 aliphatic rings. The average Bonchev–Trinajstić information content (AvgIpc) is 2.55. The van der Waals surface area contributed by atoms with Gasteiger partial charge in [-0.2, -0.15) is 0 Å². The Hall–Kier alpha value is -1.64. The van der Waals surface area contributed by atoms with Gasteiger partial charge in [0.15, 0.2) is 9.84 Å². The topological polar surface area (TPSA) is 97.5 Å². The first kappa shape index (κ1) is 20.7. The van der Waals surface area contributed by atoms with Crippen LogP contribution in [-0.4, -0.2) is 42.4 Å². The van der Waals surface area contributed by atoms with E-state index in [4.69, 9.17) is 5.14 Å². The summed E-state index contributed by atoms with van der Waals surface area (Å²) in [5.74, 6) is -0.00986. The molecule has 0 aliphatic heterocycles. The molecule has 0 amide bonds. The number of sulfonamides is 1. The lowest BCUT2D eigenvalue weighted by atomic mass is 10.1. The molecular weight excluding hydrogens is 372 g/mol. The molecule has 0 aromatic heterocycles. The van der Waals surface area contributed by atoms with E-state index in [9.17, 15) is 16.8 Å². The highest BCUT2D eigenvalue weighted by atomic mass is 32.2. The molecule has 2 N–H and O–H groups in total. The molecule has 0 saturated heterocycles. The summed E-state index contributed by atoms with van der Waals surface area (Å²) in [7, 11) is -2.99. The van der Waals surface area contributed by atoms with Gasteiger partial charge in [0, 0.05) is 30.6 Å². The van der Waals surface area contributed by atoms with Gasteiger partial charge in [0.1, 0.15) is 0 Å². The molecule has 0 heterocycles. The third-order valence-corrected chi connectivity index (χ3v) is 6.98. The molecule has 0 saturated carbocycles. The third-order valence-electron chi connectivity index (χ3n) is 4.27. The van der Waals surface area contributed by atoms with Crippen LogP contribution in [0.3, 0.4) is 0 Å². The van der Waals surface area contributed by atoms with Gasteiger partial charge < -0.3 is 4.90 Å². The first-order valence-corrected chi connectivity index (χ1v) is 11.9. The van der Waals surface area contributed by atoms with Crippen molar-refractivity contribution in [1.82, 2.24) is 0 Å². The number of nitrogens with two attached hydrogens (primary N) is 1. The smallest absolute Gasteiger partial charge is 0.209 e. The van der Waals surface area contributed by atoms with Crippen molar-refractivity contribution >= 4 is 36.3 Å². The molecule has 6 nitrogen and oxygen atoms in total. The van der Waals surface area contributed by atoms with Gasteiger partial charge >= 0.3 is 0 Å². The second kappa shape index (κ2) is 8.37. The second-order valence-electron chi connectivity index (χ2n) is 6.62. The molecule has 0 spiro atoms. The van der Waals surface area contributed by atoms with E-state index in [0.717, 1.165) is 16.5 Å². The number of primary sulfonamides is 1. The van der Waals surface area contributed by atoms with Gasteiger partial charge in [-0.1, -0.05) is 37.1 Å². The van der Waals surface area contributed by atoms with Crippen LogP contribution >= 0.6 is 0 Å². The van der Waals surface area contributed by atoms with Crippen LogP contribution in [0.15, 0.2) is 41.3 Å². The summed E-state index contributed by atoms with van der Waals surface area (Å²) in [4.78, 5) is 2.31. The lowest BCUT2D eigenvalue weighted by Crippen LogP contribution is -2.16. The average molecular weight is 399 g/mol. The highest BCUT2D eigenvalue weighted by Crippen LogP contribution is 2.30. The van der Waals surface area contributed by atoms with Gasteiger partial charge in [0.25, 0.3) is 0 Å². The molecule has 26 heavy (non-hydrogen) atoms. The standard InChI is InChI=1S/C18H26N2O4S2/c1-20(2)17-11-7-10-16-15(17)9-8-12-18(16)25(21,22)13-5-3-4-6-14-26(19,23)24/h7-12H,3-6,13-14H2,1-2H3,(H2,19,23,24). The molecular formula is C18H26N2O4S2. The van der Waals surface area contributed by atoms with Crippen molar-refractivity contribution in [3.8, 4) is 0 Å². The fraction of sp³-hybridized carbons (Fsp3) is 0.444. The maximum Gasteiger partial charge on any atom is 0.209 e. The van der Waals surface area contributed by atoms with E-state index in [2.05, 4.69) is 0 Å². The molecule has 2 rings (SSSR count). The highest BCUT2D eigenvalue weighted by Gasteiger charge is 2.18. The number of hydrogen-bond acceptors (Lipinski definition) is 5. The summed E-state index contributed by atoms with van der Waals surface area (Å²) >= 11 is 0. The van der Waals surface area contributed by atoms with Crippen molar-refractivity contribution < 1.29 is 16.8 Å². The van der Waals surface area contributed by atoms with Gasteiger partial charge in [0.2, 0.25) is 10.0 Å². The van der Waals surface area contributed by atoms with Crippen LogP contribution < -0.4 is 10.0 Å². The summed E-state index contributed by atoms with van der Waals surface area (Å²) in [6, 6.07) is 11.0. The molecule has 0 bridgehead atoms. The van der Waals surface area contributed by atoms with Gasteiger partial charge in [-0.15, -0.1) is 0 Å². The van der Waals surface area contributed by atoms with Gasteiger partial charge in [-0.3, -0.25) is 0 Å². The molecule has 8 heteroatoms. The first-order valence-electron chi connectivity index (χ1n) is 8.54. The minimum absolute atomic E-state index is 0.0493. The predicted octanol–water partition coefficient (Wildman–Crippen LogP) is 2.53. The van der Waals surface area contributed by atoms with Crippen LogP contribution in [0.4, 0.5) is 5.69 Å². The Kier molecular flexibility index (Phi) is 6.65. The van der Waals surface area contributed by atoms with Gasteiger partial charge in [0.05, 0.1) is 16.4 Å². The number of sulfone groups is 1. The Bertz CT molecular complexity index is 968. The minimum Gasteiger partial charge on any atom is -0.377 e. The minimum atomic E-state index is -3.44. The molecule has 0 fully saturated rings. The predicted molar refractivity (Wildman–Crippen MR) is 107 cm³/mol. The third kappa shape index (κ3) is 5.43. The Morgan fingerprint density at radius 2 is 1.38 bits per heavy atom. The summed E-state index contributed by atoms with van der Waals surface area (Å²) in [5, 5.41) is 6.59. The Morgan fingerprint density at radius 3 is 2.00 bits per heavy atom. The van der Waals surface area contributed by atoms with Gasteiger partial charge in [-0.05, 0) is 25.0 Å². The van der Waals surface area contributed by atoms with Crippen molar-refractivity contribution in [3.63, 3.8) is 0 Å². The molecule has 144 valence electrons. The van der Waals surface area contributed by atoms with E-state index in [-0.39, 0.29) is 11.5 Å². The van der Waals surface area contributed by atoms with Crippen LogP contribution in [0.25, 0.3) is 10.8 Å². The van der Waals surface area contributed by atoms with Crippen molar-refractivity contribution in [1.29, 1.82) is 0 Å². The first-order chi connectivity index (χ1) is 12.1. The van der Waals surface area contributed by atoms with Crippen molar-refractivity contribution in [2.75, 3.05) is 30.5 Å². The Labute approximate surface area is 156 Å².